The van der Waals surface area contributed by atoms with Crippen LogP contribution in [0.2, 0.25) is 0 Å². The molecule has 5 nitrogen and oxygen atoms in total. The van der Waals surface area contributed by atoms with Gasteiger partial charge in [-0.2, -0.15) is 13.2 Å². The first-order valence-electron chi connectivity index (χ1n) is 7.69. The van der Waals surface area contributed by atoms with Crippen LogP contribution in [0.3, 0.4) is 0 Å². The maximum atomic E-state index is 12.8. The number of piperidine rings is 1. The fraction of sp³-hybridized carbons (Fsp3) is 0.438. The highest BCUT2D eigenvalue weighted by Crippen LogP contribution is 2.30. The molecule has 3 heterocycles. The second-order valence-electron chi connectivity index (χ2n) is 5.85. The molecular weight excluding hydrogens is 321 g/mol. The number of fused-ring (bicyclic) bond motifs is 1. The molecule has 1 amide bonds. The molecule has 2 aromatic heterocycles. The minimum atomic E-state index is -4.47. The molecular formula is C16H17F3N4O. The van der Waals surface area contributed by atoms with Crippen molar-refractivity contribution in [2.75, 3.05) is 18.4 Å². The van der Waals surface area contributed by atoms with Crippen LogP contribution in [0.5, 0.6) is 0 Å². The number of rotatable bonds is 2. The van der Waals surface area contributed by atoms with Gasteiger partial charge in [0.15, 0.2) is 0 Å². The first kappa shape index (κ1) is 16.5. The summed E-state index contributed by atoms with van der Waals surface area (Å²) in [4.78, 5) is 21.0. The number of hydrogen-bond donors (Lipinski definition) is 1. The van der Waals surface area contributed by atoms with Crippen molar-refractivity contribution in [1.29, 1.82) is 0 Å². The number of carbonyl (C=O) groups is 1. The molecule has 1 fully saturated rings. The van der Waals surface area contributed by atoms with E-state index in [0.717, 1.165) is 18.9 Å². The van der Waals surface area contributed by atoms with Gasteiger partial charge in [0.05, 0.1) is 5.52 Å². The van der Waals surface area contributed by atoms with E-state index in [9.17, 15) is 18.0 Å². The van der Waals surface area contributed by atoms with Crippen molar-refractivity contribution in [2.24, 2.45) is 0 Å². The van der Waals surface area contributed by atoms with Crippen LogP contribution in [0.25, 0.3) is 10.9 Å². The van der Waals surface area contributed by atoms with Crippen LogP contribution >= 0.6 is 0 Å². The highest BCUT2D eigenvalue weighted by molar-refractivity contribution is 5.89. The molecule has 3 rings (SSSR count). The number of hydrogen-bond acceptors (Lipinski definition) is 4. The van der Waals surface area contributed by atoms with Crippen LogP contribution in [0.15, 0.2) is 24.4 Å². The predicted molar refractivity (Wildman–Crippen MR) is 83.4 cm³/mol. The maximum absolute atomic E-state index is 12.8. The molecule has 128 valence electrons. The summed E-state index contributed by atoms with van der Waals surface area (Å²) in [6.45, 7) is 2.87. The smallest absolute Gasteiger partial charge is 0.367 e. The summed E-state index contributed by atoms with van der Waals surface area (Å²) in [5.74, 6) is 0.579. The van der Waals surface area contributed by atoms with Crippen molar-refractivity contribution in [3.05, 3.63) is 30.1 Å². The van der Waals surface area contributed by atoms with Gasteiger partial charge in [0.2, 0.25) is 5.91 Å². The highest BCUT2D eigenvalue weighted by atomic mass is 19.4. The molecule has 0 unspecified atom stereocenters. The number of nitrogens with zero attached hydrogens (tertiary/aromatic N) is 3. The molecule has 0 atom stereocenters. The molecule has 0 radical (unpaired) electrons. The predicted octanol–water partition coefficient (Wildman–Crippen LogP) is 3.07. The minimum Gasteiger partial charge on any atom is -0.367 e. The number of pyridine rings is 2. The van der Waals surface area contributed by atoms with Gasteiger partial charge in [-0.3, -0.25) is 4.79 Å². The maximum Gasteiger partial charge on any atom is 0.433 e. The minimum absolute atomic E-state index is 0.0561. The first-order valence-corrected chi connectivity index (χ1v) is 7.69. The average Bonchev–Trinajstić information content (AvgIpc) is 2.54. The zero-order valence-corrected chi connectivity index (χ0v) is 13.1. The summed E-state index contributed by atoms with van der Waals surface area (Å²) in [5, 5.41) is 3.83. The zero-order chi connectivity index (χ0) is 17.3. The Bertz CT molecular complexity index is 755. The Morgan fingerprint density at radius 1 is 1.25 bits per heavy atom. The van der Waals surface area contributed by atoms with Crippen LogP contribution in [0.4, 0.5) is 19.0 Å². The van der Waals surface area contributed by atoms with E-state index in [4.69, 9.17) is 0 Å². The summed E-state index contributed by atoms with van der Waals surface area (Å²) in [5.41, 5.74) is -0.662. The lowest BCUT2D eigenvalue weighted by Gasteiger charge is -2.32. The van der Waals surface area contributed by atoms with Crippen LogP contribution in [0.1, 0.15) is 25.5 Å². The van der Waals surface area contributed by atoms with Crippen molar-refractivity contribution < 1.29 is 18.0 Å². The van der Waals surface area contributed by atoms with E-state index in [2.05, 4.69) is 15.3 Å². The Morgan fingerprint density at radius 2 is 1.96 bits per heavy atom. The molecule has 1 aliphatic heterocycles. The topological polar surface area (TPSA) is 58.1 Å². The van der Waals surface area contributed by atoms with Gasteiger partial charge in [-0.15, -0.1) is 0 Å². The van der Waals surface area contributed by atoms with Gasteiger partial charge >= 0.3 is 6.18 Å². The SMILES string of the molecule is CC(=O)N1CCC(Nc2nccc3nc(C(F)(F)F)ccc23)CC1. The van der Waals surface area contributed by atoms with Gasteiger partial charge in [-0.05, 0) is 31.0 Å². The Balaban J connectivity index is 1.79. The van der Waals surface area contributed by atoms with Gasteiger partial charge in [-0.1, -0.05) is 0 Å². The van der Waals surface area contributed by atoms with Crippen LogP contribution < -0.4 is 5.32 Å². The van der Waals surface area contributed by atoms with Crippen LogP contribution in [-0.2, 0) is 11.0 Å². The molecule has 24 heavy (non-hydrogen) atoms. The Labute approximate surface area is 136 Å². The number of amides is 1. The van der Waals surface area contributed by atoms with Gasteiger partial charge < -0.3 is 10.2 Å². The average molecular weight is 338 g/mol. The van der Waals surface area contributed by atoms with Crippen molar-refractivity contribution in [3.8, 4) is 0 Å². The fourth-order valence-corrected chi connectivity index (χ4v) is 2.86. The van der Waals surface area contributed by atoms with Gasteiger partial charge in [0.1, 0.15) is 11.5 Å². The van der Waals surface area contributed by atoms with Crippen molar-refractivity contribution >= 4 is 22.6 Å². The van der Waals surface area contributed by atoms with Crippen LogP contribution in [-0.4, -0.2) is 39.9 Å². The molecule has 0 bridgehead atoms. The number of halogens is 3. The number of anilines is 1. The molecule has 0 aromatic carbocycles. The number of alkyl halides is 3. The number of likely N-dealkylation sites (tertiary alicyclic amines) is 1. The Morgan fingerprint density at radius 3 is 2.58 bits per heavy atom. The monoisotopic (exact) mass is 338 g/mol. The lowest BCUT2D eigenvalue weighted by molar-refractivity contribution is -0.141. The Hall–Kier alpha value is -2.38. The quantitative estimate of drug-likeness (QED) is 0.914. The number of carbonyl (C=O) groups excluding carboxylic acids is 1. The number of nitrogens with one attached hydrogen (secondary N) is 1. The Kier molecular flexibility index (Phi) is 4.29. The van der Waals surface area contributed by atoms with Crippen LogP contribution in [0, 0.1) is 0 Å². The van der Waals surface area contributed by atoms with E-state index in [1.165, 1.54) is 18.3 Å². The third kappa shape index (κ3) is 3.42. The van der Waals surface area contributed by atoms with E-state index < -0.39 is 11.9 Å². The molecule has 1 aliphatic rings. The van der Waals surface area contributed by atoms with Gasteiger partial charge in [0, 0.05) is 37.6 Å². The van der Waals surface area contributed by atoms with E-state index in [0.29, 0.717) is 24.3 Å². The summed E-state index contributed by atoms with van der Waals surface area (Å²) < 4.78 is 38.3. The van der Waals surface area contributed by atoms with E-state index >= 15 is 0 Å². The zero-order valence-electron chi connectivity index (χ0n) is 13.1. The highest BCUT2D eigenvalue weighted by Gasteiger charge is 2.32. The van der Waals surface area contributed by atoms with E-state index in [-0.39, 0.29) is 17.5 Å². The second kappa shape index (κ2) is 6.26. The lowest BCUT2D eigenvalue weighted by Crippen LogP contribution is -2.41. The van der Waals surface area contributed by atoms with Gasteiger partial charge in [0.25, 0.3) is 0 Å². The summed E-state index contributed by atoms with van der Waals surface area (Å²) in [6, 6.07) is 3.95. The summed E-state index contributed by atoms with van der Waals surface area (Å²) in [6.07, 6.45) is -1.48. The van der Waals surface area contributed by atoms with Crippen molar-refractivity contribution in [3.63, 3.8) is 0 Å². The molecule has 0 aliphatic carbocycles. The molecule has 2 aromatic rings. The molecule has 0 saturated carbocycles. The first-order chi connectivity index (χ1) is 11.3. The standard InChI is InChI=1S/C16H17F3N4O/c1-10(24)23-8-5-11(6-9-23)21-15-12-2-3-14(16(17,18)19)22-13(12)4-7-20-15/h2-4,7,11H,5-6,8-9H2,1H3,(H,20,21). The largest absolute Gasteiger partial charge is 0.433 e. The lowest BCUT2D eigenvalue weighted by atomic mass is 10.0. The number of aromatic nitrogens is 2. The van der Waals surface area contributed by atoms with Crippen molar-refractivity contribution in [1.82, 2.24) is 14.9 Å². The summed E-state index contributed by atoms with van der Waals surface area (Å²) >= 11 is 0. The van der Waals surface area contributed by atoms with E-state index in [1.807, 2.05) is 0 Å². The van der Waals surface area contributed by atoms with Crippen molar-refractivity contribution in [2.45, 2.75) is 32.0 Å². The third-order valence-corrected chi connectivity index (χ3v) is 4.19. The third-order valence-electron chi connectivity index (χ3n) is 4.19. The molecule has 8 heteroatoms. The molecule has 1 saturated heterocycles. The molecule has 1 N–H and O–H groups in total. The fourth-order valence-electron chi connectivity index (χ4n) is 2.86. The normalized spacial score (nSPS) is 16.4. The van der Waals surface area contributed by atoms with Gasteiger partial charge in [-0.25, -0.2) is 9.97 Å². The summed E-state index contributed by atoms with van der Waals surface area (Å²) in [7, 11) is 0. The van der Waals surface area contributed by atoms with E-state index in [1.54, 1.807) is 11.8 Å². The second-order valence-corrected chi connectivity index (χ2v) is 5.85. The molecule has 0 spiro atoms.